The SMILES string of the molecule is Cc1ccc(-n2ncc(N3CCN(C(=O)c4ccccn4)CC3)c(Cl)c2=O)cc1Cl. The summed E-state index contributed by atoms with van der Waals surface area (Å²) >= 11 is 12.6. The predicted molar refractivity (Wildman–Crippen MR) is 117 cm³/mol. The molecule has 1 saturated heterocycles. The van der Waals surface area contributed by atoms with Crippen molar-refractivity contribution >= 4 is 34.8 Å². The number of benzene rings is 1. The number of halogens is 2. The number of anilines is 1. The molecule has 1 aliphatic rings. The van der Waals surface area contributed by atoms with E-state index in [4.69, 9.17) is 23.2 Å². The summed E-state index contributed by atoms with van der Waals surface area (Å²) in [5, 5.41) is 4.93. The van der Waals surface area contributed by atoms with Crippen molar-refractivity contribution in [2.45, 2.75) is 6.92 Å². The molecule has 0 atom stereocenters. The quantitative estimate of drug-likeness (QED) is 0.621. The van der Waals surface area contributed by atoms with Crippen LogP contribution >= 0.6 is 23.2 Å². The molecule has 154 valence electrons. The minimum Gasteiger partial charge on any atom is -0.365 e. The second-order valence-electron chi connectivity index (χ2n) is 6.99. The zero-order chi connectivity index (χ0) is 21.3. The number of carbonyl (C=O) groups excluding carboxylic acids is 1. The highest BCUT2D eigenvalue weighted by atomic mass is 35.5. The third-order valence-corrected chi connectivity index (χ3v) is 5.85. The highest BCUT2D eigenvalue weighted by Gasteiger charge is 2.25. The van der Waals surface area contributed by atoms with Crippen molar-refractivity contribution in [3.05, 3.63) is 80.4 Å². The van der Waals surface area contributed by atoms with Crippen molar-refractivity contribution in [2.24, 2.45) is 0 Å². The van der Waals surface area contributed by atoms with Gasteiger partial charge < -0.3 is 9.80 Å². The lowest BCUT2D eigenvalue weighted by Gasteiger charge is -2.36. The van der Waals surface area contributed by atoms with Crippen LogP contribution in [-0.4, -0.2) is 51.8 Å². The summed E-state index contributed by atoms with van der Waals surface area (Å²) in [7, 11) is 0. The van der Waals surface area contributed by atoms with E-state index >= 15 is 0 Å². The summed E-state index contributed by atoms with van der Waals surface area (Å²) in [6.07, 6.45) is 3.18. The predicted octanol–water partition coefficient (Wildman–Crippen LogP) is 3.21. The van der Waals surface area contributed by atoms with Gasteiger partial charge in [-0.1, -0.05) is 35.3 Å². The summed E-state index contributed by atoms with van der Waals surface area (Å²) in [6.45, 7) is 3.97. The summed E-state index contributed by atoms with van der Waals surface area (Å²) in [4.78, 5) is 33.2. The number of hydrogen-bond donors (Lipinski definition) is 0. The maximum Gasteiger partial charge on any atom is 0.292 e. The van der Waals surface area contributed by atoms with Crippen LogP contribution in [0, 0.1) is 6.92 Å². The molecule has 2 aromatic heterocycles. The van der Waals surface area contributed by atoms with E-state index in [1.807, 2.05) is 17.9 Å². The third-order valence-electron chi connectivity index (χ3n) is 5.09. The molecule has 4 rings (SSSR count). The molecule has 0 bridgehead atoms. The number of carbonyl (C=O) groups is 1. The molecule has 7 nitrogen and oxygen atoms in total. The second kappa shape index (κ2) is 8.45. The molecule has 0 aliphatic carbocycles. The number of amides is 1. The van der Waals surface area contributed by atoms with Crippen LogP contribution in [0.1, 0.15) is 16.1 Å². The van der Waals surface area contributed by atoms with Crippen molar-refractivity contribution in [3.63, 3.8) is 0 Å². The first-order chi connectivity index (χ1) is 14.5. The summed E-state index contributed by atoms with van der Waals surface area (Å²) in [5.41, 5.74) is 2.02. The van der Waals surface area contributed by atoms with Crippen LogP contribution in [0.25, 0.3) is 5.69 Å². The number of piperazine rings is 1. The Hall–Kier alpha value is -2.90. The first-order valence-corrected chi connectivity index (χ1v) is 10.2. The molecule has 1 amide bonds. The highest BCUT2D eigenvalue weighted by Crippen LogP contribution is 2.24. The van der Waals surface area contributed by atoms with Crippen molar-refractivity contribution in [1.29, 1.82) is 0 Å². The number of aromatic nitrogens is 3. The first kappa shape index (κ1) is 20.4. The van der Waals surface area contributed by atoms with Gasteiger partial charge in [-0.25, -0.2) is 0 Å². The lowest BCUT2D eigenvalue weighted by molar-refractivity contribution is 0.0741. The van der Waals surface area contributed by atoms with E-state index in [9.17, 15) is 9.59 Å². The fraction of sp³-hybridized carbons (Fsp3) is 0.238. The normalized spacial score (nSPS) is 14.1. The lowest BCUT2D eigenvalue weighted by Crippen LogP contribution is -2.49. The van der Waals surface area contributed by atoms with E-state index in [-0.39, 0.29) is 10.9 Å². The van der Waals surface area contributed by atoms with Crippen LogP contribution in [-0.2, 0) is 0 Å². The number of rotatable bonds is 3. The van der Waals surface area contributed by atoms with Gasteiger partial charge in [0, 0.05) is 37.4 Å². The van der Waals surface area contributed by atoms with Crippen LogP contribution in [0.3, 0.4) is 0 Å². The molecule has 1 aliphatic heterocycles. The molecular formula is C21H19Cl2N5O2. The number of hydrogen-bond acceptors (Lipinski definition) is 5. The van der Waals surface area contributed by atoms with Crippen molar-refractivity contribution < 1.29 is 4.79 Å². The highest BCUT2D eigenvalue weighted by molar-refractivity contribution is 6.33. The van der Waals surface area contributed by atoms with E-state index in [0.29, 0.717) is 48.3 Å². The zero-order valence-electron chi connectivity index (χ0n) is 16.3. The zero-order valence-corrected chi connectivity index (χ0v) is 17.8. The first-order valence-electron chi connectivity index (χ1n) is 9.45. The fourth-order valence-electron chi connectivity index (χ4n) is 3.34. The van der Waals surface area contributed by atoms with E-state index in [1.54, 1.807) is 47.6 Å². The Labute approximate surface area is 183 Å². The van der Waals surface area contributed by atoms with Gasteiger partial charge in [0.1, 0.15) is 10.7 Å². The molecule has 3 aromatic rings. The third kappa shape index (κ3) is 3.91. The molecule has 1 aromatic carbocycles. The molecule has 9 heteroatoms. The van der Waals surface area contributed by atoms with Gasteiger partial charge in [0.15, 0.2) is 0 Å². The van der Waals surface area contributed by atoms with E-state index in [0.717, 1.165) is 5.56 Å². The maximum atomic E-state index is 12.8. The van der Waals surface area contributed by atoms with Gasteiger partial charge in [-0.3, -0.25) is 14.6 Å². The van der Waals surface area contributed by atoms with Crippen molar-refractivity contribution in [3.8, 4) is 5.69 Å². The van der Waals surface area contributed by atoms with E-state index < -0.39 is 5.56 Å². The molecule has 0 N–H and O–H groups in total. The molecule has 0 saturated carbocycles. The van der Waals surface area contributed by atoms with E-state index in [2.05, 4.69) is 10.1 Å². The van der Waals surface area contributed by atoms with Gasteiger partial charge in [-0.15, -0.1) is 0 Å². The second-order valence-corrected chi connectivity index (χ2v) is 7.77. The molecule has 0 unspecified atom stereocenters. The van der Waals surface area contributed by atoms with Gasteiger partial charge in [0.2, 0.25) is 0 Å². The number of aryl methyl sites for hydroxylation is 1. The Morgan fingerprint density at radius 1 is 1.07 bits per heavy atom. The Bertz CT molecular complexity index is 1140. The molecule has 0 radical (unpaired) electrons. The smallest absolute Gasteiger partial charge is 0.292 e. The molecule has 3 heterocycles. The lowest BCUT2D eigenvalue weighted by atomic mass is 10.2. The summed E-state index contributed by atoms with van der Waals surface area (Å²) in [6, 6.07) is 10.5. The van der Waals surface area contributed by atoms with Gasteiger partial charge in [-0.05, 0) is 36.8 Å². The summed E-state index contributed by atoms with van der Waals surface area (Å²) < 4.78 is 1.23. The average Bonchev–Trinajstić information content (AvgIpc) is 2.78. The maximum absolute atomic E-state index is 12.8. The Morgan fingerprint density at radius 2 is 1.83 bits per heavy atom. The minimum absolute atomic E-state index is 0.0891. The van der Waals surface area contributed by atoms with Crippen LogP contribution in [0.5, 0.6) is 0 Å². The number of nitrogens with zero attached hydrogens (tertiary/aromatic N) is 5. The summed E-state index contributed by atoms with van der Waals surface area (Å²) in [5.74, 6) is -0.105. The fourth-order valence-corrected chi connectivity index (χ4v) is 3.77. The molecule has 1 fully saturated rings. The average molecular weight is 444 g/mol. The van der Waals surface area contributed by atoms with Crippen LogP contribution < -0.4 is 10.5 Å². The van der Waals surface area contributed by atoms with Gasteiger partial charge in [0.05, 0.1) is 17.6 Å². The van der Waals surface area contributed by atoms with Gasteiger partial charge in [0.25, 0.3) is 11.5 Å². The van der Waals surface area contributed by atoms with Gasteiger partial charge >= 0.3 is 0 Å². The van der Waals surface area contributed by atoms with Crippen LogP contribution in [0.15, 0.2) is 53.6 Å². The van der Waals surface area contributed by atoms with Crippen molar-refractivity contribution in [1.82, 2.24) is 19.7 Å². The standard InChI is InChI=1S/C21H19Cl2N5O2/c1-14-5-6-15(12-16(14)22)28-21(30)19(23)18(13-25-28)26-8-10-27(11-9-26)20(29)17-4-2-3-7-24-17/h2-7,12-13H,8-11H2,1H3. The molecular weight excluding hydrogens is 425 g/mol. The minimum atomic E-state index is -0.416. The van der Waals surface area contributed by atoms with Crippen molar-refractivity contribution in [2.75, 3.05) is 31.1 Å². The Balaban J connectivity index is 1.52. The Morgan fingerprint density at radius 3 is 2.50 bits per heavy atom. The van der Waals surface area contributed by atoms with Crippen LogP contribution in [0.2, 0.25) is 10.0 Å². The Kier molecular flexibility index (Phi) is 5.74. The van der Waals surface area contributed by atoms with Crippen LogP contribution in [0.4, 0.5) is 5.69 Å². The van der Waals surface area contributed by atoms with E-state index in [1.165, 1.54) is 4.68 Å². The monoisotopic (exact) mass is 443 g/mol. The van der Waals surface area contributed by atoms with Gasteiger partial charge in [-0.2, -0.15) is 9.78 Å². The topological polar surface area (TPSA) is 71.3 Å². The largest absolute Gasteiger partial charge is 0.365 e. The molecule has 0 spiro atoms. The number of pyridine rings is 1. The molecule has 30 heavy (non-hydrogen) atoms.